The molecule has 1 aromatic heterocycles. The maximum absolute atomic E-state index is 12.5. The second-order valence-electron chi connectivity index (χ2n) is 4.09. The van der Waals surface area contributed by atoms with Gasteiger partial charge in [0.25, 0.3) is 0 Å². The molecule has 1 heterocycles. The van der Waals surface area contributed by atoms with Gasteiger partial charge in [0, 0.05) is 24.5 Å². The quantitative estimate of drug-likeness (QED) is 0.799. The summed E-state index contributed by atoms with van der Waals surface area (Å²) in [5.41, 5.74) is 0. The van der Waals surface area contributed by atoms with Crippen molar-refractivity contribution in [2.24, 2.45) is 0 Å². The molecular weight excluding hydrogens is 268 g/mol. The average Bonchev–Trinajstić information content (AvgIpc) is 2.79. The first-order valence-electron chi connectivity index (χ1n) is 6.29. The van der Waals surface area contributed by atoms with Crippen LogP contribution in [0.25, 0.3) is 0 Å². The first-order valence-corrected chi connectivity index (χ1v) is 8.61. The zero-order chi connectivity index (χ0) is 13.6. The fourth-order valence-electron chi connectivity index (χ4n) is 1.77. The van der Waals surface area contributed by atoms with Crippen LogP contribution in [0.15, 0.2) is 16.3 Å². The molecule has 4 nitrogen and oxygen atoms in total. The summed E-state index contributed by atoms with van der Waals surface area (Å²) >= 11 is 1.48. The van der Waals surface area contributed by atoms with E-state index in [1.165, 1.54) is 11.3 Å². The van der Waals surface area contributed by atoms with Crippen LogP contribution in [-0.4, -0.2) is 32.9 Å². The van der Waals surface area contributed by atoms with E-state index in [-0.39, 0.29) is 0 Å². The zero-order valence-electron chi connectivity index (χ0n) is 11.3. The molecule has 0 amide bonds. The van der Waals surface area contributed by atoms with Gasteiger partial charge in [-0.2, -0.15) is 4.31 Å². The zero-order valence-corrected chi connectivity index (χ0v) is 12.9. The predicted octanol–water partition coefficient (Wildman–Crippen LogP) is 2.28. The molecule has 0 atom stereocenters. The van der Waals surface area contributed by atoms with Crippen molar-refractivity contribution in [2.75, 3.05) is 20.1 Å². The lowest BCUT2D eigenvalue weighted by molar-refractivity contribution is 0.418. The van der Waals surface area contributed by atoms with Crippen LogP contribution in [0, 0.1) is 0 Å². The molecule has 1 aromatic rings. The summed E-state index contributed by atoms with van der Waals surface area (Å²) in [5.74, 6) is 0. The number of nitrogens with zero attached hydrogens (tertiary/aromatic N) is 1. The molecule has 104 valence electrons. The molecule has 0 aromatic carbocycles. The number of hydrogen-bond acceptors (Lipinski definition) is 4. The van der Waals surface area contributed by atoms with Gasteiger partial charge < -0.3 is 5.32 Å². The first-order chi connectivity index (χ1) is 8.57. The summed E-state index contributed by atoms with van der Waals surface area (Å²) in [6, 6.07) is 1.71. The van der Waals surface area contributed by atoms with Crippen molar-refractivity contribution in [1.82, 2.24) is 9.62 Å². The fourth-order valence-corrected chi connectivity index (χ4v) is 4.68. The van der Waals surface area contributed by atoms with Crippen LogP contribution in [0.4, 0.5) is 0 Å². The molecule has 0 bridgehead atoms. The van der Waals surface area contributed by atoms with Gasteiger partial charge in [-0.1, -0.05) is 20.3 Å². The lowest BCUT2D eigenvalue weighted by Crippen LogP contribution is -2.32. The van der Waals surface area contributed by atoms with E-state index < -0.39 is 10.0 Å². The highest BCUT2D eigenvalue weighted by Crippen LogP contribution is 2.25. The molecule has 0 radical (unpaired) electrons. The van der Waals surface area contributed by atoms with E-state index in [0.29, 0.717) is 24.5 Å². The van der Waals surface area contributed by atoms with E-state index in [2.05, 4.69) is 12.2 Å². The predicted molar refractivity (Wildman–Crippen MR) is 76.4 cm³/mol. The van der Waals surface area contributed by atoms with Gasteiger partial charge in [0.15, 0.2) is 0 Å². The second-order valence-corrected chi connectivity index (χ2v) is 7.00. The summed E-state index contributed by atoms with van der Waals surface area (Å²) in [5, 5.41) is 4.85. The van der Waals surface area contributed by atoms with Gasteiger partial charge in [0.2, 0.25) is 10.0 Å². The Labute approximate surface area is 114 Å². The monoisotopic (exact) mass is 290 g/mol. The Morgan fingerprint density at radius 3 is 2.67 bits per heavy atom. The van der Waals surface area contributed by atoms with Gasteiger partial charge in [-0.25, -0.2) is 8.42 Å². The van der Waals surface area contributed by atoms with Crippen LogP contribution in [0.5, 0.6) is 0 Å². The van der Waals surface area contributed by atoms with Crippen molar-refractivity contribution < 1.29 is 8.42 Å². The summed E-state index contributed by atoms with van der Waals surface area (Å²) < 4.78 is 26.6. The lowest BCUT2D eigenvalue weighted by atomic mass is 10.3. The van der Waals surface area contributed by atoms with E-state index in [4.69, 9.17) is 0 Å². The largest absolute Gasteiger partial charge is 0.315 e. The van der Waals surface area contributed by atoms with E-state index in [1.54, 1.807) is 10.4 Å². The Hall–Kier alpha value is -0.430. The molecular formula is C12H22N2O2S2. The van der Waals surface area contributed by atoms with E-state index in [1.807, 2.05) is 19.4 Å². The Kier molecular flexibility index (Phi) is 6.28. The van der Waals surface area contributed by atoms with Crippen LogP contribution in [0.1, 0.15) is 31.6 Å². The minimum atomic E-state index is -3.33. The Balaban J connectivity index is 2.99. The Morgan fingerprint density at radius 1 is 1.39 bits per heavy atom. The standard InChI is InChI=1S/C12H22N2O2S2/c1-4-6-8-14(5-2)18(15,16)12-7-9-17-11(12)10-13-3/h7,9,13H,4-6,8,10H2,1-3H3. The number of nitrogens with one attached hydrogen (secondary N) is 1. The van der Waals surface area contributed by atoms with E-state index in [0.717, 1.165) is 17.7 Å². The van der Waals surface area contributed by atoms with Gasteiger partial charge in [0.05, 0.1) is 4.90 Å². The van der Waals surface area contributed by atoms with Gasteiger partial charge in [-0.15, -0.1) is 11.3 Å². The molecule has 1 rings (SSSR count). The highest BCUT2D eigenvalue weighted by molar-refractivity contribution is 7.89. The van der Waals surface area contributed by atoms with Crippen molar-refractivity contribution in [3.63, 3.8) is 0 Å². The second kappa shape index (κ2) is 7.23. The summed E-state index contributed by atoms with van der Waals surface area (Å²) in [4.78, 5) is 1.34. The van der Waals surface area contributed by atoms with E-state index in [9.17, 15) is 8.42 Å². The molecule has 18 heavy (non-hydrogen) atoms. The van der Waals surface area contributed by atoms with Gasteiger partial charge >= 0.3 is 0 Å². The van der Waals surface area contributed by atoms with Crippen molar-refractivity contribution in [1.29, 1.82) is 0 Å². The number of unbranched alkanes of at least 4 members (excludes halogenated alkanes) is 1. The number of hydrogen-bond donors (Lipinski definition) is 1. The minimum absolute atomic E-state index is 0.458. The highest BCUT2D eigenvalue weighted by Gasteiger charge is 2.25. The third-order valence-corrected chi connectivity index (χ3v) is 5.88. The summed E-state index contributed by atoms with van der Waals surface area (Å²) in [6.45, 7) is 5.67. The highest BCUT2D eigenvalue weighted by atomic mass is 32.2. The molecule has 0 aliphatic heterocycles. The van der Waals surface area contributed by atoms with E-state index >= 15 is 0 Å². The van der Waals surface area contributed by atoms with Crippen LogP contribution >= 0.6 is 11.3 Å². The Bertz CT molecular complexity index is 454. The van der Waals surface area contributed by atoms with Crippen molar-refractivity contribution in [3.05, 3.63) is 16.3 Å². The maximum atomic E-state index is 12.5. The lowest BCUT2D eigenvalue weighted by Gasteiger charge is -2.20. The third kappa shape index (κ3) is 3.54. The first kappa shape index (κ1) is 15.6. The minimum Gasteiger partial charge on any atom is -0.315 e. The van der Waals surface area contributed by atoms with Crippen molar-refractivity contribution >= 4 is 21.4 Å². The summed E-state index contributed by atoms with van der Waals surface area (Å²) in [6.07, 6.45) is 1.90. The van der Waals surface area contributed by atoms with Crippen molar-refractivity contribution in [2.45, 2.75) is 38.1 Å². The number of thiophene rings is 1. The average molecular weight is 290 g/mol. The molecule has 6 heteroatoms. The van der Waals surface area contributed by atoms with Gasteiger partial charge in [-0.3, -0.25) is 0 Å². The summed E-state index contributed by atoms with van der Waals surface area (Å²) in [7, 11) is -1.50. The van der Waals surface area contributed by atoms with Gasteiger partial charge in [-0.05, 0) is 24.9 Å². The van der Waals surface area contributed by atoms with Crippen LogP contribution in [0.3, 0.4) is 0 Å². The molecule has 0 spiro atoms. The van der Waals surface area contributed by atoms with Crippen LogP contribution in [0.2, 0.25) is 0 Å². The SMILES string of the molecule is CCCCN(CC)S(=O)(=O)c1ccsc1CNC. The molecule has 0 fully saturated rings. The van der Waals surface area contributed by atoms with Crippen molar-refractivity contribution in [3.8, 4) is 0 Å². The van der Waals surface area contributed by atoms with Crippen LogP contribution in [-0.2, 0) is 16.6 Å². The smallest absolute Gasteiger partial charge is 0.244 e. The fraction of sp³-hybridized carbons (Fsp3) is 0.667. The Morgan fingerprint density at radius 2 is 2.11 bits per heavy atom. The van der Waals surface area contributed by atoms with Gasteiger partial charge in [0.1, 0.15) is 0 Å². The third-order valence-electron chi connectivity index (χ3n) is 2.77. The molecule has 0 saturated heterocycles. The number of sulfonamides is 1. The van der Waals surface area contributed by atoms with Crippen LogP contribution < -0.4 is 5.32 Å². The molecule has 0 aliphatic carbocycles. The molecule has 0 unspecified atom stereocenters. The molecule has 1 N–H and O–H groups in total. The molecule has 0 aliphatic rings. The normalized spacial score (nSPS) is 12.2. The number of rotatable bonds is 8. The topological polar surface area (TPSA) is 49.4 Å². The molecule has 0 saturated carbocycles. The maximum Gasteiger partial charge on any atom is 0.244 e.